The van der Waals surface area contributed by atoms with Crippen LogP contribution in [0.15, 0.2) is 48.5 Å². The number of aromatic nitrogens is 3. The van der Waals surface area contributed by atoms with Crippen LogP contribution in [-0.2, 0) is 6.61 Å². The van der Waals surface area contributed by atoms with Crippen LogP contribution in [0.2, 0.25) is 5.02 Å². The Balaban J connectivity index is 1.94. The number of nitrogens with zero attached hydrogens (tertiary/aromatic N) is 3. The van der Waals surface area contributed by atoms with Crippen molar-refractivity contribution in [3.63, 3.8) is 0 Å². The zero-order valence-corrected chi connectivity index (χ0v) is 13.7. The molecule has 120 valence electrons. The molecule has 5 nitrogen and oxygen atoms in total. The Morgan fingerprint density at radius 2 is 2.00 bits per heavy atom. The highest BCUT2D eigenvalue weighted by Crippen LogP contribution is 2.30. The molecule has 0 radical (unpaired) electrons. The molecule has 0 amide bonds. The summed E-state index contributed by atoms with van der Waals surface area (Å²) in [5.41, 5.74) is 3.99. The Morgan fingerprint density at radius 3 is 2.83 bits per heavy atom. The Morgan fingerprint density at radius 1 is 1.17 bits per heavy atom. The average molecular weight is 339 g/mol. The van der Waals surface area contributed by atoms with Gasteiger partial charge in [-0.25, -0.2) is 9.50 Å². The fourth-order valence-corrected chi connectivity index (χ4v) is 2.92. The highest BCUT2D eigenvalue weighted by molar-refractivity contribution is 6.34. The van der Waals surface area contributed by atoms with Crippen LogP contribution in [0.25, 0.3) is 16.6 Å². The van der Waals surface area contributed by atoms with Crippen molar-refractivity contribution in [2.45, 2.75) is 13.5 Å². The van der Waals surface area contributed by atoms with Crippen LogP contribution in [0, 0.1) is 6.92 Å². The summed E-state index contributed by atoms with van der Waals surface area (Å²) in [6.45, 7) is 1.86. The van der Waals surface area contributed by atoms with E-state index in [1.54, 1.807) is 4.52 Å². The predicted octanol–water partition coefficient (Wildman–Crippen LogP) is 4.08. The van der Waals surface area contributed by atoms with E-state index in [-0.39, 0.29) is 6.61 Å². The van der Waals surface area contributed by atoms with Gasteiger partial charge >= 0.3 is 0 Å². The summed E-state index contributed by atoms with van der Waals surface area (Å²) >= 11 is 6.36. The number of benzene rings is 2. The molecule has 0 atom stereocenters. The SMILES string of the molecule is Cc1nn2c(nc(Nc3cccc(CO)c3)c3ccccc32)c1Cl. The number of halogens is 1. The molecule has 2 heterocycles. The number of para-hydroxylation sites is 1. The molecule has 0 fully saturated rings. The van der Waals surface area contributed by atoms with E-state index >= 15 is 0 Å². The minimum Gasteiger partial charge on any atom is -0.392 e. The number of aliphatic hydroxyl groups excluding tert-OH is 1. The summed E-state index contributed by atoms with van der Waals surface area (Å²) in [6, 6.07) is 15.5. The quantitative estimate of drug-likeness (QED) is 0.591. The number of rotatable bonds is 3. The maximum atomic E-state index is 9.31. The molecule has 0 spiro atoms. The minimum absolute atomic E-state index is 0.00359. The molecule has 0 unspecified atom stereocenters. The molecular formula is C18H15ClN4O. The summed E-state index contributed by atoms with van der Waals surface area (Å²) in [4.78, 5) is 4.67. The number of hydrogen-bond acceptors (Lipinski definition) is 4. The number of nitrogens with one attached hydrogen (secondary N) is 1. The van der Waals surface area contributed by atoms with Gasteiger partial charge in [0.25, 0.3) is 0 Å². The van der Waals surface area contributed by atoms with Crippen LogP contribution in [0.5, 0.6) is 0 Å². The first-order valence-corrected chi connectivity index (χ1v) is 7.95. The van der Waals surface area contributed by atoms with Gasteiger partial charge in [0.15, 0.2) is 5.65 Å². The maximum Gasteiger partial charge on any atom is 0.176 e. The van der Waals surface area contributed by atoms with E-state index in [4.69, 9.17) is 11.6 Å². The van der Waals surface area contributed by atoms with Crippen LogP contribution in [0.4, 0.5) is 11.5 Å². The first-order valence-electron chi connectivity index (χ1n) is 7.58. The highest BCUT2D eigenvalue weighted by atomic mass is 35.5. The van der Waals surface area contributed by atoms with Gasteiger partial charge in [0.2, 0.25) is 0 Å². The van der Waals surface area contributed by atoms with Crippen molar-refractivity contribution >= 4 is 39.7 Å². The third kappa shape index (κ3) is 2.38. The van der Waals surface area contributed by atoms with E-state index in [0.29, 0.717) is 16.5 Å². The maximum absolute atomic E-state index is 9.31. The molecule has 4 aromatic rings. The fourth-order valence-electron chi connectivity index (χ4n) is 2.76. The topological polar surface area (TPSA) is 62.5 Å². The lowest BCUT2D eigenvalue weighted by Gasteiger charge is -2.11. The van der Waals surface area contributed by atoms with Crippen LogP contribution in [0.3, 0.4) is 0 Å². The van der Waals surface area contributed by atoms with Crippen molar-refractivity contribution in [3.8, 4) is 0 Å². The Bertz CT molecular complexity index is 1060. The van der Waals surface area contributed by atoms with Gasteiger partial charge in [0, 0.05) is 11.1 Å². The number of anilines is 2. The molecule has 0 bridgehead atoms. The second-order valence-corrected chi connectivity index (χ2v) is 5.97. The van der Waals surface area contributed by atoms with E-state index < -0.39 is 0 Å². The van der Waals surface area contributed by atoms with Gasteiger partial charge in [-0.2, -0.15) is 5.10 Å². The van der Waals surface area contributed by atoms with E-state index in [2.05, 4.69) is 15.4 Å². The number of aryl methyl sites for hydroxylation is 1. The molecule has 0 saturated heterocycles. The van der Waals surface area contributed by atoms with Gasteiger partial charge < -0.3 is 10.4 Å². The molecule has 2 N–H and O–H groups in total. The normalized spacial score (nSPS) is 11.3. The minimum atomic E-state index is -0.00359. The van der Waals surface area contributed by atoms with E-state index in [0.717, 1.165) is 27.8 Å². The van der Waals surface area contributed by atoms with Crippen molar-refractivity contribution in [3.05, 3.63) is 64.8 Å². The molecule has 0 aliphatic heterocycles. The van der Waals surface area contributed by atoms with Gasteiger partial charge in [0.05, 0.1) is 17.8 Å². The molecule has 2 aromatic heterocycles. The summed E-state index contributed by atoms with van der Waals surface area (Å²) in [7, 11) is 0. The van der Waals surface area contributed by atoms with Gasteiger partial charge in [-0.1, -0.05) is 35.9 Å². The van der Waals surface area contributed by atoms with Crippen LogP contribution >= 0.6 is 11.6 Å². The van der Waals surface area contributed by atoms with Crippen molar-refractivity contribution < 1.29 is 5.11 Å². The van der Waals surface area contributed by atoms with Gasteiger partial charge in [-0.3, -0.25) is 0 Å². The lowest BCUT2D eigenvalue weighted by Crippen LogP contribution is -2.00. The first-order chi connectivity index (χ1) is 11.7. The average Bonchev–Trinajstić information content (AvgIpc) is 2.90. The van der Waals surface area contributed by atoms with Crippen molar-refractivity contribution in [1.82, 2.24) is 14.6 Å². The molecule has 4 rings (SSSR count). The van der Waals surface area contributed by atoms with Gasteiger partial charge in [-0.05, 0) is 36.8 Å². The van der Waals surface area contributed by atoms with Gasteiger partial charge in [-0.15, -0.1) is 0 Å². The summed E-state index contributed by atoms with van der Waals surface area (Å²) in [5, 5.41) is 18.6. The van der Waals surface area contributed by atoms with Crippen LogP contribution in [-0.4, -0.2) is 19.7 Å². The Hall–Kier alpha value is -2.63. The summed E-state index contributed by atoms with van der Waals surface area (Å²) in [5.74, 6) is 0.704. The fraction of sp³-hybridized carbons (Fsp3) is 0.111. The lowest BCUT2D eigenvalue weighted by atomic mass is 10.2. The van der Waals surface area contributed by atoms with E-state index in [9.17, 15) is 5.11 Å². The molecule has 0 aliphatic rings. The number of hydrogen-bond donors (Lipinski definition) is 2. The third-order valence-corrected chi connectivity index (χ3v) is 4.38. The standard InChI is InChI=1S/C18H15ClN4O/c1-11-16(19)18-21-17(20-13-6-4-5-12(9-13)10-24)14-7-2-3-8-15(14)23(18)22-11/h2-9,24H,10H2,1H3,(H,20,21). The molecule has 6 heteroatoms. The zero-order chi connectivity index (χ0) is 16.7. The first kappa shape index (κ1) is 14.9. The van der Waals surface area contributed by atoms with Crippen LogP contribution in [0.1, 0.15) is 11.3 Å². The zero-order valence-electron chi connectivity index (χ0n) is 13.0. The van der Waals surface area contributed by atoms with E-state index in [1.807, 2.05) is 55.5 Å². The monoisotopic (exact) mass is 338 g/mol. The third-order valence-electron chi connectivity index (χ3n) is 3.94. The Labute approximate surface area is 143 Å². The Kier molecular flexibility index (Phi) is 3.59. The molecule has 0 saturated carbocycles. The predicted molar refractivity (Wildman–Crippen MR) is 95.9 cm³/mol. The van der Waals surface area contributed by atoms with Gasteiger partial charge in [0.1, 0.15) is 10.8 Å². The molecule has 0 aliphatic carbocycles. The second kappa shape index (κ2) is 5.78. The summed E-state index contributed by atoms with van der Waals surface area (Å²) < 4.78 is 1.77. The summed E-state index contributed by atoms with van der Waals surface area (Å²) in [6.07, 6.45) is 0. The molecule has 24 heavy (non-hydrogen) atoms. The molecular weight excluding hydrogens is 324 g/mol. The number of fused-ring (bicyclic) bond motifs is 3. The highest BCUT2D eigenvalue weighted by Gasteiger charge is 2.14. The van der Waals surface area contributed by atoms with Crippen molar-refractivity contribution in [2.24, 2.45) is 0 Å². The van der Waals surface area contributed by atoms with Crippen molar-refractivity contribution in [2.75, 3.05) is 5.32 Å². The largest absolute Gasteiger partial charge is 0.392 e. The second-order valence-electron chi connectivity index (χ2n) is 5.60. The van der Waals surface area contributed by atoms with Crippen molar-refractivity contribution in [1.29, 1.82) is 0 Å². The smallest absolute Gasteiger partial charge is 0.176 e. The van der Waals surface area contributed by atoms with E-state index in [1.165, 1.54) is 0 Å². The lowest BCUT2D eigenvalue weighted by molar-refractivity contribution is 0.282. The van der Waals surface area contributed by atoms with Crippen LogP contribution < -0.4 is 5.32 Å². The number of aliphatic hydroxyl groups is 1. The molecule has 2 aromatic carbocycles.